The predicted octanol–water partition coefficient (Wildman–Crippen LogP) is 4.26. The van der Waals surface area contributed by atoms with Crippen molar-refractivity contribution in [3.8, 4) is 0 Å². The number of rotatable bonds is 4. The molecule has 0 spiro atoms. The minimum absolute atomic E-state index is 1.19. The quantitative estimate of drug-likeness (QED) is 0.545. The van der Waals surface area contributed by atoms with Crippen molar-refractivity contribution in [2.24, 2.45) is 0 Å². The molecule has 0 atom stereocenters. The van der Waals surface area contributed by atoms with Gasteiger partial charge in [0.1, 0.15) is 0 Å². The smallest absolute Gasteiger partial charge is 0.0348 e. The Balaban J connectivity index is 3.98. The van der Waals surface area contributed by atoms with Crippen LogP contribution in [0.1, 0.15) is 40.5 Å². The third kappa shape index (κ3) is 5.96. The highest BCUT2D eigenvalue weighted by molar-refractivity contribution is 5.24. The Morgan fingerprint density at radius 3 is 2.17 bits per heavy atom. The van der Waals surface area contributed by atoms with E-state index in [-0.39, 0.29) is 0 Å². The molecule has 0 aliphatic carbocycles. The van der Waals surface area contributed by atoms with Crippen LogP contribution in [0.5, 0.6) is 0 Å². The van der Waals surface area contributed by atoms with Crippen molar-refractivity contribution in [1.82, 2.24) is 0 Å². The average molecular weight is 164 g/mol. The molecule has 0 radical (unpaired) electrons. The first-order valence-corrected chi connectivity index (χ1v) is 4.68. The molecule has 0 fully saturated rings. The molecular weight excluding hydrogens is 144 g/mol. The molecule has 0 aliphatic rings. The summed E-state index contributed by atoms with van der Waals surface area (Å²) in [6, 6.07) is 0. The molecule has 0 bridgehead atoms. The van der Waals surface area contributed by atoms with E-state index in [0.29, 0.717) is 0 Å². The van der Waals surface area contributed by atoms with E-state index in [1.807, 2.05) is 0 Å². The van der Waals surface area contributed by atoms with Gasteiger partial charge >= 0.3 is 0 Å². The fourth-order valence-corrected chi connectivity index (χ4v) is 0.799. The van der Waals surface area contributed by atoms with E-state index < -0.39 is 0 Å². The minimum atomic E-state index is 1.19. The van der Waals surface area contributed by atoms with Crippen LogP contribution >= 0.6 is 0 Å². The van der Waals surface area contributed by atoms with E-state index >= 15 is 0 Å². The minimum Gasteiger partial charge on any atom is -0.0847 e. The van der Waals surface area contributed by atoms with Crippen molar-refractivity contribution >= 4 is 0 Å². The van der Waals surface area contributed by atoms with E-state index in [4.69, 9.17) is 0 Å². The van der Waals surface area contributed by atoms with E-state index in [2.05, 4.69) is 52.0 Å². The van der Waals surface area contributed by atoms with Gasteiger partial charge in [-0.25, -0.2) is 0 Å². The number of hydrogen-bond acceptors (Lipinski definition) is 0. The third-order valence-electron chi connectivity index (χ3n) is 1.82. The molecule has 0 aromatic heterocycles. The lowest BCUT2D eigenvalue weighted by Gasteiger charge is -1.92. The number of allylic oxidation sites excluding steroid dienone is 6. The molecule has 68 valence electrons. The highest BCUT2D eigenvalue weighted by Crippen LogP contribution is 2.02. The third-order valence-corrected chi connectivity index (χ3v) is 1.82. The van der Waals surface area contributed by atoms with Crippen LogP contribution in [0.4, 0.5) is 0 Å². The maximum atomic E-state index is 2.28. The second-order valence-corrected chi connectivity index (χ2v) is 3.10. The zero-order chi connectivity index (χ0) is 9.40. The summed E-state index contributed by atoms with van der Waals surface area (Å²) in [7, 11) is 0. The first-order valence-electron chi connectivity index (χ1n) is 4.68. The molecule has 0 N–H and O–H groups in total. The normalized spacial score (nSPS) is 14.3. The summed E-state index contributed by atoms with van der Waals surface area (Å²) in [6.45, 7) is 8.52. The summed E-state index contributed by atoms with van der Waals surface area (Å²) in [5.41, 5.74) is 2.68. The monoisotopic (exact) mass is 164 g/mol. The lowest BCUT2D eigenvalue weighted by Crippen LogP contribution is -1.71. The number of unbranched alkanes of at least 4 members (excludes halogenated alkanes) is 1. The van der Waals surface area contributed by atoms with Gasteiger partial charge in [0.05, 0.1) is 0 Å². The van der Waals surface area contributed by atoms with E-state index in [1.165, 1.54) is 24.0 Å². The maximum Gasteiger partial charge on any atom is -0.0348 e. The summed E-state index contributed by atoms with van der Waals surface area (Å²) >= 11 is 0. The molecule has 0 amide bonds. The second kappa shape index (κ2) is 6.90. The number of hydrogen-bond donors (Lipinski definition) is 0. The van der Waals surface area contributed by atoms with Crippen molar-refractivity contribution in [2.75, 3.05) is 0 Å². The zero-order valence-corrected chi connectivity index (χ0v) is 8.72. The van der Waals surface area contributed by atoms with Crippen LogP contribution in [0.2, 0.25) is 0 Å². The first kappa shape index (κ1) is 11.2. The predicted molar refractivity (Wildman–Crippen MR) is 57.2 cm³/mol. The summed E-state index contributed by atoms with van der Waals surface area (Å²) in [6.07, 6.45) is 11.1. The van der Waals surface area contributed by atoms with Crippen LogP contribution in [-0.4, -0.2) is 0 Å². The Morgan fingerprint density at radius 2 is 1.67 bits per heavy atom. The van der Waals surface area contributed by atoms with Gasteiger partial charge in [0.25, 0.3) is 0 Å². The molecule has 0 aromatic carbocycles. The van der Waals surface area contributed by atoms with Gasteiger partial charge in [-0.3, -0.25) is 0 Å². The van der Waals surface area contributed by atoms with Crippen LogP contribution in [-0.2, 0) is 0 Å². The highest BCUT2D eigenvalue weighted by atomic mass is 13.9. The van der Waals surface area contributed by atoms with Crippen molar-refractivity contribution in [1.29, 1.82) is 0 Å². The van der Waals surface area contributed by atoms with Crippen LogP contribution in [0.3, 0.4) is 0 Å². The van der Waals surface area contributed by atoms with Gasteiger partial charge in [0.15, 0.2) is 0 Å². The zero-order valence-electron chi connectivity index (χ0n) is 8.72. The van der Waals surface area contributed by atoms with Crippen molar-refractivity contribution < 1.29 is 0 Å². The van der Waals surface area contributed by atoms with Crippen molar-refractivity contribution in [3.63, 3.8) is 0 Å². The van der Waals surface area contributed by atoms with Gasteiger partial charge in [-0.2, -0.15) is 0 Å². The largest absolute Gasteiger partial charge is 0.0847 e. The van der Waals surface area contributed by atoms with Crippen LogP contribution in [0.15, 0.2) is 35.5 Å². The van der Waals surface area contributed by atoms with E-state index in [1.54, 1.807) is 0 Å². The molecular formula is C12H20. The van der Waals surface area contributed by atoms with Gasteiger partial charge in [-0.1, -0.05) is 48.8 Å². The second-order valence-electron chi connectivity index (χ2n) is 3.10. The average Bonchev–Trinajstić information content (AvgIpc) is 2.10. The molecule has 0 aromatic rings. The Hall–Kier alpha value is -0.780. The van der Waals surface area contributed by atoms with Gasteiger partial charge < -0.3 is 0 Å². The van der Waals surface area contributed by atoms with E-state index in [0.717, 1.165) is 0 Å². The molecule has 0 heteroatoms. The maximum absolute atomic E-state index is 2.28. The lowest BCUT2D eigenvalue weighted by molar-refractivity contribution is 0.952. The summed E-state index contributed by atoms with van der Waals surface area (Å²) < 4.78 is 0. The van der Waals surface area contributed by atoms with Gasteiger partial charge in [-0.05, 0) is 27.2 Å². The molecule has 0 unspecified atom stereocenters. The van der Waals surface area contributed by atoms with Crippen LogP contribution in [0, 0.1) is 0 Å². The SMILES string of the molecule is C\C=C(C)/C=C\C(C)=C\CCC. The van der Waals surface area contributed by atoms with Crippen molar-refractivity contribution in [3.05, 3.63) is 35.5 Å². The lowest BCUT2D eigenvalue weighted by atomic mass is 10.1. The molecule has 0 nitrogen and oxygen atoms in total. The molecule has 12 heavy (non-hydrogen) atoms. The van der Waals surface area contributed by atoms with Crippen molar-refractivity contribution in [2.45, 2.75) is 40.5 Å². The molecule has 0 rings (SSSR count). The summed E-state index contributed by atoms with van der Waals surface area (Å²) in [5.74, 6) is 0. The van der Waals surface area contributed by atoms with Crippen LogP contribution < -0.4 is 0 Å². The van der Waals surface area contributed by atoms with Gasteiger partial charge in [0, 0.05) is 0 Å². The van der Waals surface area contributed by atoms with E-state index in [9.17, 15) is 0 Å². The molecule has 0 saturated heterocycles. The molecule has 0 heterocycles. The fraction of sp³-hybridized carbons (Fsp3) is 0.500. The standard InChI is InChI=1S/C12H20/c1-5-7-8-12(4)10-9-11(3)6-2/h6,8-10H,5,7H2,1-4H3/b10-9-,11-6-,12-8+. The Kier molecular flexibility index (Phi) is 6.45. The van der Waals surface area contributed by atoms with Crippen LogP contribution in [0.25, 0.3) is 0 Å². The first-order chi connectivity index (χ1) is 5.70. The summed E-state index contributed by atoms with van der Waals surface area (Å²) in [5, 5.41) is 0. The highest BCUT2D eigenvalue weighted by Gasteiger charge is 1.81. The van der Waals surface area contributed by atoms with Gasteiger partial charge in [-0.15, -0.1) is 0 Å². The Labute approximate surface area is 76.7 Å². The Bertz CT molecular complexity index is 192. The fourth-order valence-electron chi connectivity index (χ4n) is 0.799. The summed E-state index contributed by atoms with van der Waals surface area (Å²) in [4.78, 5) is 0. The topological polar surface area (TPSA) is 0 Å². The molecule has 0 saturated carbocycles. The molecule has 0 aliphatic heterocycles. The Morgan fingerprint density at radius 1 is 1.08 bits per heavy atom. The van der Waals surface area contributed by atoms with Gasteiger partial charge in [0.2, 0.25) is 0 Å².